The predicted molar refractivity (Wildman–Crippen MR) is 50.3 cm³/mol. The molecule has 1 aliphatic heterocycles. The third kappa shape index (κ3) is 3.32. The van der Waals surface area contributed by atoms with Crippen molar-refractivity contribution in [1.82, 2.24) is 10.6 Å². The molecule has 0 aromatic rings. The molecule has 0 bridgehead atoms. The van der Waals surface area contributed by atoms with Gasteiger partial charge in [0.15, 0.2) is 0 Å². The molecule has 0 aromatic carbocycles. The van der Waals surface area contributed by atoms with Crippen LogP contribution in [0.4, 0.5) is 0 Å². The second kappa shape index (κ2) is 5.19. The van der Waals surface area contributed by atoms with Crippen molar-refractivity contribution in [3.63, 3.8) is 0 Å². The zero-order chi connectivity index (χ0) is 9.68. The molecule has 1 saturated heterocycles. The maximum atomic E-state index is 11.5. The van der Waals surface area contributed by atoms with Gasteiger partial charge in [-0.1, -0.05) is 0 Å². The molecular formula is C9H18N2O2. The minimum absolute atomic E-state index is 0.00584. The first-order valence-corrected chi connectivity index (χ1v) is 4.86. The summed E-state index contributed by atoms with van der Waals surface area (Å²) in [5, 5.41) is 14.7. The maximum absolute atomic E-state index is 11.5. The third-order valence-electron chi connectivity index (χ3n) is 2.33. The van der Waals surface area contributed by atoms with Gasteiger partial charge in [-0.2, -0.15) is 0 Å². The first-order chi connectivity index (χ1) is 6.24. The number of piperidine rings is 1. The van der Waals surface area contributed by atoms with E-state index in [4.69, 9.17) is 5.11 Å². The molecule has 1 rings (SSSR count). The Balaban J connectivity index is 2.29. The lowest BCUT2D eigenvalue weighted by Crippen LogP contribution is -2.44. The monoisotopic (exact) mass is 186 g/mol. The zero-order valence-electron chi connectivity index (χ0n) is 8.05. The molecule has 1 fully saturated rings. The fourth-order valence-corrected chi connectivity index (χ4v) is 1.48. The van der Waals surface area contributed by atoms with E-state index in [0.717, 1.165) is 25.9 Å². The van der Waals surface area contributed by atoms with Crippen LogP contribution in [0.3, 0.4) is 0 Å². The number of carbonyl (C=O) groups excluding carboxylic acids is 1. The fourth-order valence-electron chi connectivity index (χ4n) is 1.48. The van der Waals surface area contributed by atoms with E-state index >= 15 is 0 Å². The van der Waals surface area contributed by atoms with Gasteiger partial charge in [-0.05, 0) is 26.3 Å². The molecule has 0 saturated carbocycles. The van der Waals surface area contributed by atoms with Gasteiger partial charge in [0.2, 0.25) is 5.91 Å². The number of nitrogens with one attached hydrogen (secondary N) is 2. The van der Waals surface area contributed by atoms with Crippen LogP contribution in [0.5, 0.6) is 0 Å². The van der Waals surface area contributed by atoms with E-state index in [9.17, 15) is 4.79 Å². The Morgan fingerprint density at radius 2 is 2.54 bits per heavy atom. The molecule has 1 aliphatic rings. The topological polar surface area (TPSA) is 61.4 Å². The van der Waals surface area contributed by atoms with Crippen LogP contribution in [0, 0.1) is 5.92 Å². The van der Waals surface area contributed by atoms with Gasteiger partial charge in [0, 0.05) is 12.6 Å². The second-order valence-electron chi connectivity index (χ2n) is 3.64. The normalized spacial score (nSPS) is 25.2. The molecule has 1 heterocycles. The molecule has 4 heteroatoms. The van der Waals surface area contributed by atoms with Crippen molar-refractivity contribution < 1.29 is 9.90 Å². The van der Waals surface area contributed by atoms with Gasteiger partial charge >= 0.3 is 0 Å². The average Bonchev–Trinajstić information content (AvgIpc) is 2.19. The van der Waals surface area contributed by atoms with Gasteiger partial charge in [0.25, 0.3) is 0 Å². The van der Waals surface area contributed by atoms with Crippen molar-refractivity contribution in [2.24, 2.45) is 5.92 Å². The minimum Gasteiger partial charge on any atom is -0.394 e. The molecule has 0 radical (unpaired) electrons. The predicted octanol–water partition coefficient (Wildman–Crippen LogP) is -0.517. The summed E-state index contributed by atoms with van der Waals surface area (Å²) in [6, 6.07) is -0.130. The molecule has 4 nitrogen and oxygen atoms in total. The van der Waals surface area contributed by atoms with Gasteiger partial charge < -0.3 is 15.7 Å². The van der Waals surface area contributed by atoms with Gasteiger partial charge in [-0.15, -0.1) is 0 Å². The Morgan fingerprint density at radius 1 is 1.77 bits per heavy atom. The summed E-state index contributed by atoms with van der Waals surface area (Å²) in [6.45, 7) is 3.59. The molecule has 76 valence electrons. The molecule has 0 aromatic heterocycles. The van der Waals surface area contributed by atoms with E-state index in [1.807, 2.05) is 0 Å². The second-order valence-corrected chi connectivity index (χ2v) is 3.64. The number of amides is 1. The quantitative estimate of drug-likeness (QED) is 0.556. The van der Waals surface area contributed by atoms with Crippen LogP contribution in [-0.2, 0) is 4.79 Å². The number of aliphatic hydroxyl groups excluding tert-OH is 1. The average molecular weight is 186 g/mol. The molecule has 13 heavy (non-hydrogen) atoms. The molecule has 0 spiro atoms. The molecule has 3 N–H and O–H groups in total. The Morgan fingerprint density at radius 3 is 3.08 bits per heavy atom. The zero-order valence-corrected chi connectivity index (χ0v) is 8.05. The van der Waals surface area contributed by atoms with Crippen LogP contribution in [0.1, 0.15) is 19.8 Å². The summed E-state index contributed by atoms with van der Waals surface area (Å²) in [5.41, 5.74) is 0. The van der Waals surface area contributed by atoms with Crippen molar-refractivity contribution in [3.05, 3.63) is 0 Å². The Kier molecular flexibility index (Phi) is 4.18. The summed E-state index contributed by atoms with van der Waals surface area (Å²) >= 11 is 0. The van der Waals surface area contributed by atoms with Crippen molar-refractivity contribution in [2.45, 2.75) is 25.8 Å². The summed E-state index contributed by atoms with van der Waals surface area (Å²) in [5.74, 6) is 0.150. The van der Waals surface area contributed by atoms with E-state index in [2.05, 4.69) is 10.6 Å². The van der Waals surface area contributed by atoms with Crippen molar-refractivity contribution in [1.29, 1.82) is 0 Å². The standard InChI is InChI=1S/C9H18N2O2/c1-7(6-12)11-9(13)8-3-2-4-10-5-8/h7-8,10,12H,2-6H2,1H3,(H,11,13). The van der Waals surface area contributed by atoms with Crippen LogP contribution in [0.15, 0.2) is 0 Å². The highest BCUT2D eigenvalue weighted by Crippen LogP contribution is 2.09. The highest BCUT2D eigenvalue weighted by Gasteiger charge is 2.21. The Hall–Kier alpha value is -0.610. The van der Waals surface area contributed by atoms with E-state index in [-0.39, 0.29) is 24.5 Å². The van der Waals surface area contributed by atoms with Crippen molar-refractivity contribution >= 4 is 5.91 Å². The largest absolute Gasteiger partial charge is 0.394 e. The lowest BCUT2D eigenvalue weighted by Gasteiger charge is -2.23. The van der Waals surface area contributed by atoms with Gasteiger partial charge in [-0.3, -0.25) is 4.79 Å². The lowest BCUT2D eigenvalue weighted by atomic mass is 9.98. The van der Waals surface area contributed by atoms with E-state index in [0.29, 0.717) is 0 Å². The van der Waals surface area contributed by atoms with E-state index in [1.165, 1.54) is 0 Å². The fraction of sp³-hybridized carbons (Fsp3) is 0.889. The van der Waals surface area contributed by atoms with Crippen LogP contribution >= 0.6 is 0 Å². The smallest absolute Gasteiger partial charge is 0.224 e. The van der Waals surface area contributed by atoms with Gasteiger partial charge in [-0.25, -0.2) is 0 Å². The first-order valence-electron chi connectivity index (χ1n) is 4.86. The van der Waals surface area contributed by atoms with E-state index in [1.54, 1.807) is 6.92 Å². The van der Waals surface area contributed by atoms with Crippen molar-refractivity contribution in [2.75, 3.05) is 19.7 Å². The molecular weight excluding hydrogens is 168 g/mol. The van der Waals surface area contributed by atoms with Gasteiger partial charge in [0.05, 0.1) is 12.5 Å². The minimum atomic E-state index is -0.130. The highest BCUT2D eigenvalue weighted by molar-refractivity contribution is 5.79. The third-order valence-corrected chi connectivity index (χ3v) is 2.33. The lowest BCUT2D eigenvalue weighted by molar-refractivity contribution is -0.126. The number of hydrogen-bond donors (Lipinski definition) is 3. The Labute approximate surface area is 78.7 Å². The van der Waals surface area contributed by atoms with E-state index < -0.39 is 0 Å². The van der Waals surface area contributed by atoms with Crippen LogP contribution in [0.2, 0.25) is 0 Å². The summed E-state index contributed by atoms with van der Waals surface area (Å²) in [7, 11) is 0. The van der Waals surface area contributed by atoms with Crippen molar-refractivity contribution in [3.8, 4) is 0 Å². The summed E-state index contributed by atoms with van der Waals surface area (Å²) < 4.78 is 0. The molecule has 2 unspecified atom stereocenters. The molecule has 2 atom stereocenters. The molecule has 0 aliphatic carbocycles. The van der Waals surface area contributed by atoms with Crippen LogP contribution in [0.25, 0.3) is 0 Å². The number of rotatable bonds is 3. The van der Waals surface area contributed by atoms with Crippen LogP contribution < -0.4 is 10.6 Å². The van der Waals surface area contributed by atoms with Crippen LogP contribution in [-0.4, -0.2) is 36.8 Å². The number of carbonyl (C=O) groups is 1. The molecule has 1 amide bonds. The number of aliphatic hydroxyl groups is 1. The summed E-state index contributed by atoms with van der Waals surface area (Å²) in [4.78, 5) is 11.5. The number of hydrogen-bond acceptors (Lipinski definition) is 3. The first kappa shape index (κ1) is 10.5. The summed E-state index contributed by atoms with van der Waals surface area (Å²) in [6.07, 6.45) is 2.02. The maximum Gasteiger partial charge on any atom is 0.224 e. The SMILES string of the molecule is CC(CO)NC(=O)C1CCCNC1. The Bertz CT molecular complexity index is 167. The highest BCUT2D eigenvalue weighted by atomic mass is 16.3. The van der Waals surface area contributed by atoms with Gasteiger partial charge in [0.1, 0.15) is 0 Å².